The van der Waals surface area contributed by atoms with Gasteiger partial charge in [-0.3, -0.25) is 0 Å². The van der Waals surface area contributed by atoms with E-state index in [1.165, 1.54) is 30.0 Å². The summed E-state index contributed by atoms with van der Waals surface area (Å²) in [6.07, 6.45) is 0.885. The summed E-state index contributed by atoms with van der Waals surface area (Å²) in [6, 6.07) is 2.36. The quantitative estimate of drug-likeness (QED) is 0.350. The van der Waals surface area contributed by atoms with E-state index in [0.29, 0.717) is 5.25 Å². The lowest BCUT2D eigenvalue weighted by Crippen LogP contribution is -2.09. The molecule has 1 aromatic carbocycles. The predicted octanol–water partition coefficient (Wildman–Crippen LogP) is 3.57. The fourth-order valence-corrected chi connectivity index (χ4v) is 2.05. The zero-order valence-electron chi connectivity index (χ0n) is 8.91. The molecule has 1 aromatic rings. The number of hydrogen-bond donors (Lipinski definition) is 0. The topological polar surface area (TPSA) is 29.4 Å². The number of isocyanates is 1. The molecule has 0 aliphatic heterocycles. The Morgan fingerprint density at radius 1 is 1.44 bits per heavy atom. The van der Waals surface area contributed by atoms with Crippen LogP contribution in [0.4, 0.5) is 8.78 Å². The van der Waals surface area contributed by atoms with E-state index >= 15 is 0 Å². The average molecular weight is 243 g/mol. The molecule has 0 spiro atoms. The lowest BCUT2D eigenvalue weighted by molar-refractivity contribution is 0.00596. The van der Waals surface area contributed by atoms with Gasteiger partial charge in [-0.15, -0.1) is 16.8 Å². The summed E-state index contributed by atoms with van der Waals surface area (Å²) < 4.78 is 26.5. The Morgan fingerprint density at radius 3 is 2.69 bits per heavy atom. The highest BCUT2D eigenvalue weighted by Gasteiger charge is 2.30. The SMILES string of the molecule is CC(C)Sc1cccc(C(F)(F)N=C=O)c1. The number of aliphatic imine (C=N–C) groups is 1. The van der Waals surface area contributed by atoms with Gasteiger partial charge in [0.05, 0.1) is 0 Å². The molecule has 0 aliphatic rings. The minimum Gasteiger partial charge on any atom is -0.211 e. The molecule has 0 atom stereocenters. The Balaban J connectivity index is 3.02. The standard InChI is InChI=1S/C11H11F2NOS/c1-8(2)16-10-5-3-4-9(6-10)11(12,13)14-7-15/h3-6,8H,1-2H3. The van der Waals surface area contributed by atoms with E-state index in [1.807, 2.05) is 13.8 Å². The molecule has 0 unspecified atom stereocenters. The normalized spacial score (nSPS) is 11.3. The molecule has 0 bridgehead atoms. The molecule has 0 heterocycles. The van der Waals surface area contributed by atoms with Gasteiger partial charge in [0.1, 0.15) is 0 Å². The fourth-order valence-electron chi connectivity index (χ4n) is 1.15. The second-order valence-corrected chi connectivity index (χ2v) is 5.09. The molecule has 1 rings (SSSR count). The maximum absolute atomic E-state index is 13.2. The van der Waals surface area contributed by atoms with Crippen molar-refractivity contribution in [3.8, 4) is 0 Å². The summed E-state index contributed by atoms with van der Waals surface area (Å²) in [5, 5.41) is 0.304. The molecule has 16 heavy (non-hydrogen) atoms. The molecule has 0 saturated carbocycles. The second kappa shape index (κ2) is 5.23. The third-order valence-electron chi connectivity index (χ3n) is 1.74. The van der Waals surface area contributed by atoms with Crippen LogP contribution < -0.4 is 0 Å². The lowest BCUT2D eigenvalue weighted by Gasteiger charge is -2.11. The van der Waals surface area contributed by atoms with Crippen molar-refractivity contribution < 1.29 is 13.6 Å². The number of rotatable bonds is 4. The summed E-state index contributed by atoms with van der Waals surface area (Å²) in [6.45, 7) is 3.94. The van der Waals surface area contributed by atoms with E-state index in [-0.39, 0.29) is 5.56 Å². The first-order valence-corrected chi connectivity index (χ1v) is 5.57. The van der Waals surface area contributed by atoms with Crippen molar-refractivity contribution in [1.29, 1.82) is 0 Å². The van der Waals surface area contributed by atoms with E-state index in [9.17, 15) is 13.6 Å². The van der Waals surface area contributed by atoms with Crippen molar-refractivity contribution in [2.24, 2.45) is 4.99 Å². The molecule has 0 N–H and O–H groups in total. The molecule has 0 radical (unpaired) electrons. The number of nitrogens with zero attached hydrogens (tertiary/aromatic N) is 1. The molecule has 5 heteroatoms. The van der Waals surface area contributed by atoms with Crippen LogP contribution in [0.3, 0.4) is 0 Å². The monoisotopic (exact) mass is 243 g/mol. The van der Waals surface area contributed by atoms with E-state index in [1.54, 1.807) is 6.07 Å². The molecule has 0 fully saturated rings. The molecule has 0 amide bonds. The first-order chi connectivity index (χ1) is 7.45. The minimum atomic E-state index is -3.49. The summed E-state index contributed by atoms with van der Waals surface area (Å²) in [5.74, 6) is 0. The van der Waals surface area contributed by atoms with Crippen LogP contribution in [-0.4, -0.2) is 11.3 Å². The third kappa shape index (κ3) is 3.43. The summed E-state index contributed by atoms with van der Waals surface area (Å²) >= 11 is 1.47. The lowest BCUT2D eigenvalue weighted by atomic mass is 10.2. The van der Waals surface area contributed by atoms with Crippen LogP contribution in [0.2, 0.25) is 0 Å². The Labute approximate surface area is 96.8 Å². The minimum absolute atomic E-state index is 0.290. The number of carbonyl (C=O) groups excluding carboxylic acids is 1. The van der Waals surface area contributed by atoms with Gasteiger partial charge in [-0.25, -0.2) is 4.79 Å². The summed E-state index contributed by atoms with van der Waals surface area (Å²) in [4.78, 5) is 13.1. The van der Waals surface area contributed by atoms with E-state index < -0.39 is 6.05 Å². The van der Waals surface area contributed by atoms with Crippen molar-refractivity contribution in [2.75, 3.05) is 0 Å². The van der Waals surface area contributed by atoms with Gasteiger partial charge in [0.2, 0.25) is 6.08 Å². The molecule has 0 saturated heterocycles. The van der Waals surface area contributed by atoms with Crippen molar-refractivity contribution in [3.05, 3.63) is 29.8 Å². The maximum atomic E-state index is 13.2. The Morgan fingerprint density at radius 2 is 2.12 bits per heavy atom. The zero-order chi connectivity index (χ0) is 12.2. The number of benzene rings is 1. The van der Waals surface area contributed by atoms with Gasteiger partial charge >= 0.3 is 6.05 Å². The molecular weight excluding hydrogens is 232 g/mol. The van der Waals surface area contributed by atoms with Crippen molar-refractivity contribution in [3.63, 3.8) is 0 Å². The Kier molecular flexibility index (Phi) is 4.21. The maximum Gasteiger partial charge on any atom is 0.379 e. The van der Waals surface area contributed by atoms with Crippen molar-refractivity contribution in [1.82, 2.24) is 0 Å². The summed E-state index contributed by atoms with van der Waals surface area (Å²) in [7, 11) is 0. The van der Waals surface area contributed by atoms with E-state index in [4.69, 9.17) is 0 Å². The average Bonchev–Trinajstić information content (AvgIpc) is 2.17. The van der Waals surface area contributed by atoms with E-state index in [2.05, 4.69) is 4.99 Å². The molecule has 0 aliphatic carbocycles. The number of hydrogen-bond acceptors (Lipinski definition) is 3. The van der Waals surface area contributed by atoms with Crippen molar-refractivity contribution >= 4 is 17.8 Å². The molecule has 86 valence electrons. The number of thioether (sulfide) groups is 1. The molecule has 0 aromatic heterocycles. The highest BCUT2D eigenvalue weighted by molar-refractivity contribution is 7.99. The van der Waals surface area contributed by atoms with Gasteiger partial charge < -0.3 is 0 Å². The van der Waals surface area contributed by atoms with Gasteiger partial charge in [0.15, 0.2) is 0 Å². The predicted molar refractivity (Wildman–Crippen MR) is 59.5 cm³/mol. The Bertz CT molecular complexity index is 414. The second-order valence-electron chi connectivity index (χ2n) is 3.44. The van der Waals surface area contributed by atoms with Crippen molar-refractivity contribution in [2.45, 2.75) is 30.0 Å². The highest BCUT2D eigenvalue weighted by Crippen LogP contribution is 2.32. The van der Waals surface area contributed by atoms with Crippen LogP contribution >= 0.6 is 11.8 Å². The van der Waals surface area contributed by atoms with Crippen LogP contribution in [0, 0.1) is 0 Å². The highest BCUT2D eigenvalue weighted by atomic mass is 32.2. The van der Waals surface area contributed by atoms with Crippen LogP contribution in [0.1, 0.15) is 19.4 Å². The molecule has 2 nitrogen and oxygen atoms in total. The van der Waals surface area contributed by atoms with Gasteiger partial charge in [0.25, 0.3) is 0 Å². The first-order valence-electron chi connectivity index (χ1n) is 4.70. The van der Waals surface area contributed by atoms with E-state index in [0.717, 1.165) is 11.0 Å². The largest absolute Gasteiger partial charge is 0.379 e. The van der Waals surface area contributed by atoms with Gasteiger partial charge in [-0.2, -0.15) is 8.78 Å². The van der Waals surface area contributed by atoms with Gasteiger partial charge in [-0.05, 0) is 12.1 Å². The first kappa shape index (κ1) is 12.9. The third-order valence-corrected chi connectivity index (χ3v) is 2.74. The molecular formula is C11H11F2NOS. The van der Waals surface area contributed by atoms with Gasteiger partial charge in [-0.1, -0.05) is 26.0 Å². The number of alkyl halides is 2. The summed E-state index contributed by atoms with van der Waals surface area (Å²) in [5.41, 5.74) is -0.290. The van der Waals surface area contributed by atoms with Crippen LogP contribution in [0.5, 0.6) is 0 Å². The van der Waals surface area contributed by atoms with Crippen LogP contribution in [-0.2, 0) is 10.8 Å². The van der Waals surface area contributed by atoms with Crippen LogP contribution in [0.15, 0.2) is 34.2 Å². The Hall–Kier alpha value is -1.19. The van der Waals surface area contributed by atoms with Gasteiger partial charge in [0, 0.05) is 15.7 Å². The zero-order valence-corrected chi connectivity index (χ0v) is 9.72. The van der Waals surface area contributed by atoms with Crippen LogP contribution in [0.25, 0.3) is 0 Å². The smallest absolute Gasteiger partial charge is 0.211 e. The number of halogens is 2. The fraction of sp³-hybridized carbons (Fsp3) is 0.364.